The predicted octanol–water partition coefficient (Wildman–Crippen LogP) is 1.93. The molecule has 0 bridgehead atoms. The number of aromatic nitrogens is 2. The molecule has 0 spiro atoms. The summed E-state index contributed by atoms with van der Waals surface area (Å²) in [4.78, 5) is 10.8. The zero-order chi connectivity index (χ0) is 14.0. The number of methoxy groups -OCH3 is 2. The fraction of sp³-hybridized carbons (Fsp3) is 0.167. The molecule has 0 saturated heterocycles. The number of aromatic carboxylic acids is 1. The van der Waals surface area contributed by atoms with Crippen molar-refractivity contribution < 1.29 is 23.8 Å². The third kappa shape index (κ3) is 2.22. The molecular weight excluding hydrogens is 255 g/mol. The number of rotatable bonds is 4. The highest BCUT2D eigenvalue weighted by atomic mass is 19.1. The Balaban J connectivity index is 2.58. The normalized spacial score (nSPS) is 10.3. The van der Waals surface area contributed by atoms with Crippen LogP contribution in [0.1, 0.15) is 10.5 Å². The van der Waals surface area contributed by atoms with Crippen molar-refractivity contribution in [3.8, 4) is 22.8 Å². The first-order chi connectivity index (χ1) is 9.08. The standard InChI is InChI=1S/C12H11FN2O4/c1-18-10-6(3-4-7(13)11(10)19-2)8-5-9(12(16)17)15-14-8/h3-5H,1-2H3,(H,14,15)(H,16,17). The number of ether oxygens (including phenoxy) is 2. The van der Waals surface area contributed by atoms with Crippen molar-refractivity contribution in [3.63, 3.8) is 0 Å². The molecule has 7 heteroatoms. The quantitative estimate of drug-likeness (QED) is 0.883. The third-order valence-corrected chi connectivity index (χ3v) is 2.56. The smallest absolute Gasteiger partial charge is 0.353 e. The third-order valence-electron chi connectivity index (χ3n) is 2.56. The molecule has 100 valence electrons. The summed E-state index contributed by atoms with van der Waals surface area (Å²) in [6, 6.07) is 3.97. The molecule has 6 nitrogen and oxygen atoms in total. The fourth-order valence-corrected chi connectivity index (χ4v) is 1.70. The van der Waals surface area contributed by atoms with Crippen LogP contribution in [0.3, 0.4) is 0 Å². The van der Waals surface area contributed by atoms with Crippen molar-refractivity contribution in [1.82, 2.24) is 10.2 Å². The topological polar surface area (TPSA) is 84.4 Å². The molecule has 1 aromatic carbocycles. The van der Waals surface area contributed by atoms with Crippen LogP contribution in [-0.4, -0.2) is 35.5 Å². The first-order valence-electron chi connectivity index (χ1n) is 5.28. The largest absolute Gasteiger partial charge is 0.492 e. The average Bonchev–Trinajstić information content (AvgIpc) is 2.87. The number of carboxylic acid groups (broad SMARTS) is 1. The van der Waals surface area contributed by atoms with Gasteiger partial charge in [0.2, 0.25) is 0 Å². The molecule has 0 atom stereocenters. The van der Waals surface area contributed by atoms with Crippen LogP contribution in [-0.2, 0) is 0 Å². The number of carboxylic acids is 1. The van der Waals surface area contributed by atoms with Gasteiger partial charge in [-0.1, -0.05) is 0 Å². The summed E-state index contributed by atoms with van der Waals surface area (Å²) in [6.07, 6.45) is 0. The van der Waals surface area contributed by atoms with E-state index in [9.17, 15) is 9.18 Å². The van der Waals surface area contributed by atoms with Gasteiger partial charge in [-0.15, -0.1) is 0 Å². The summed E-state index contributed by atoms with van der Waals surface area (Å²) in [6.45, 7) is 0. The first-order valence-corrected chi connectivity index (χ1v) is 5.28. The van der Waals surface area contributed by atoms with Crippen molar-refractivity contribution in [2.75, 3.05) is 14.2 Å². The van der Waals surface area contributed by atoms with Gasteiger partial charge in [-0.3, -0.25) is 5.10 Å². The van der Waals surface area contributed by atoms with E-state index in [0.29, 0.717) is 11.3 Å². The minimum atomic E-state index is -1.13. The molecule has 0 aliphatic carbocycles. The van der Waals surface area contributed by atoms with Crippen molar-refractivity contribution in [1.29, 1.82) is 0 Å². The Morgan fingerprint density at radius 3 is 2.53 bits per heavy atom. The molecule has 0 aliphatic rings. The lowest BCUT2D eigenvalue weighted by Crippen LogP contribution is -1.96. The van der Waals surface area contributed by atoms with Crippen LogP contribution in [0.5, 0.6) is 11.5 Å². The monoisotopic (exact) mass is 266 g/mol. The second-order valence-corrected chi connectivity index (χ2v) is 3.63. The molecular formula is C12H11FN2O4. The Labute approximate surface area is 107 Å². The number of nitrogens with zero attached hydrogens (tertiary/aromatic N) is 1. The van der Waals surface area contributed by atoms with Gasteiger partial charge >= 0.3 is 5.97 Å². The number of hydrogen-bond donors (Lipinski definition) is 2. The molecule has 0 aliphatic heterocycles. The zero-order valence-corrected chi connectivity index (χ0v) is 10.2. The van der Waals surface area contributed by atoms with Crippen molar-refractivity contribution >= 4 is 5.97 Å². The number of halogens is 1. The van der Waals surface area contributed by atoms with E-state index in [4.69, 9.17) is 14.6 Å². The summed E-state index contributed by atoms with van der Waals surface area (Å²) < 4.78 is 23.6. The summed E-state index contributed by atoms with van der Waals surface area (Å²) in [7, 11) is 2.68. The second-order valence-electron chi connectivity index (χ2n) is 3.63. The highest BCUT2D eigenvalue weighted by Gasteiger charge is 2.19. The van der Waals surface area contributed by atoms with Crippen molar-refractivity contribution in [3.05, 3.63) is 29.7 Å². The maximum Gasteiger partial charge on any atom is 0.353 e. The molecule has 2 rings (SSSR count). The van der Waals surface area contributed by atoms with Gasteiger partial charge in [0.15, 0.2) is 17.3 Å². The molecule has 1 heterocycles. The maximum absolute atomic E-state index is 13.5. The van der Waals surface area contributed by atoms with Crippen LogP contribution in [0, 0.1) is 5.82 Å². The molecule has 0 unspecified atom stereocenters. The zero-order valence-electron chi connectivity index (χ0n) is 10.2. The number of carbonyl (C=O) groups is 1. The first kappa shape index (κ1) is 12.9. The van der Waals surface area contributed by atoms with Gasteiger partial charge < -0.3 is 14.6 Å². The van der Waals surface area contributed by atoms with Crippen molar-refractivity contribution in [2.45, 2.75) is 0 Å². The van der Waals surface area contributed by atoms with E-state index in [1.54, 1.807) is 0 Å². The Morgan fingerprint density at radius 1 is 1.32 bits per heavy atom. The maximum atomic E-state index is 13.5. The minimum Gasteiger partial charge on any atom is -0.492 e. The van der Waals surface area contributed by atoms with Gasteiger partial charge in [-0.05, 0) is 18.2 Å². The van der Waals surface area contributed by atoms with E-state index in [-0.39, 0.29) is 17.2 Å². The van der Waals surface area contributed by atoms with Crippen LogP contribution >= 0.6 is 0 Å². The SMILES string of the molecule is COc1c(F)ccc(-c2cc(C(=O)O)[nH]n2)c1OC. The van der Waals surface area contributed by atoms with E-state index >= 15 is 0 Å². The van der Waals surface area contributed by atoms with Crippen LogP contribution in [0.4, 0.5) is 4.39 Å². The van der Waals surface area contributed by atoms with Crippen molar-refractivity contribution in [2.24, 2.45) is 0 Å². The van der Waals surface area contributed by atoms with Gasteiger partial charge in [0, 0.05) is 5.56 Å². The van der Waals surface area contributed by atoms with Crippen LogP contribution in [0.25, 0.3) is 11.3 Å². The van der Waals surface area contributed by atoms with Gasteiger partial charge in [-0.2, -0.15) is 5.10 Å². The van der Waals surface area contributed by atoms with Crippen LogP contribution < -0.4 is 9.47 Å². The van der Waals surface area contributed by atoms with E-state index in [2.05, 4.69) is 10.2 Å². The fourth-order valence-electron chi connectivity index (χ4n) is 1.70. The molecule has 1 aromatic heterocycles. The molecule has 2 aromatic rings. The Bertz CT molecular complexity index is 624. The lowest BCUT2D eigenvalue weighted by atomic mass is 10.1. The number of aromatic amines is 1. The highest BCUT2D eigenvalue weighted by molar-refractivity contribution is 5.87. The molecule has 0 saturated carbocycles. The minimum absolute atomic E-state index is 0.0557. The van der Waals surface area contributed by atoms with E-state index in [1.165, 1.54) is 32.4 Å². The molecule has 19 heavy (non-hydrogen) atoms. The Morgan fingerprint density at radius 2 is 2.00 bits per heavy atom. The van der Waals surface area contributed by atoms with Gasteiger partial charge in [0.25, 0.3) is 0 Å². The summed E-state index contributed by atoms with van der Waals surface area (Å²) in [5.41, 5.74) is 0.692. The average molecular weight is 266 g/mol. The number of hydrogen-bond acceptors (Lipinski definition) is 4. The predicted molar refractivity (Wildman–Crippen MR) is 64.0 cm³/mol. The molecule has 0 fully saturated rings. The molecule has 2 N–H and O–H groups in total. The summed E-state index contributed by atoms with van der Waals surface area (Å²) >= 11 is 0. The van der Waals surface area contributed by atoms with E-state index < -0.39 is 11.8 Å². The second kappa shape index (κ2) is 4.97. The lowest BCUT2D eigenvalue weighted by molar-refractivity contribution is 0.0690. The highest BCUT2D eigenvalue weighted by Crippen LogP contribution is 2.39. The Kier molecular flexibility index (Phi) is 3.37. The lowest BCUT2D eigenvalue weighted by Gasteiger charge is -2.11. The van der Waals surface area contributed by atoms with Gasteiger partial charge in [0.05, 0.1) is 19.9 Å². The van der Waals surface area contributed by atoms with E-state index in [1.807, 2.05) is 0 Å². The number of nitrogens with one attached hydrogen (secondary N) is 1. The van der Waals surface area contributed by atoms with Gasteiger partial charge in [0.1, 0.15) is 5.69 Å². The van der Waals surface area contributed by atoms with Crippen LogP contribution in [0.2, 0.25) is 0 Å². The Hall–Kier alpha value is -2.57. The molecule has 0 amide bonds. The van der Waals surface area contributed by atoms with E-state index in [0.717, 1.165) is 0 Å². The summed E-state index contributed by atoms with van der Waals surface area (Å²) in [5, 5.41) is 15.1. The molecule has 0 radical (unpaired) electrons. The summed E-state index contributed by atoms with van der Waals surface area (Å²) in [5.74, 6) is -1.60. The van der Waals surface area contributed by atoms with Gasteiger partial charge in [-0.25, -0.2) is 9.18 Å². The number of H-pyrrole nitrogens is 1. The van der Waals surface area contributed by atoms with Crippen LogP contribution in [0.15, 0.2) is 18.2 Å². The number of benzene rings is 1.